The lowest BCUT2D eigenvalue weighted by atomic mass is 10.2. The number of pyridine rings is 1. The molecule has 0 bridgehead atoms. The number of carbonyl (C=O) groups excluding carboxylic acids is 1. The maximum absolute atomic E-state index is 13.3. The van der Waals surface area contributed by atoms with Gasteiger partial charge in [-0.25, -0.2) is 27.4 Å². The fourth-order valence-electron chi connectivity index (χ4n) is 3.13. The Kier molecular flexibility index (Phi) is 4.19. The minimum Gasteiger partial charge on any atom is -0.361 e. The van der Waals surface area contributed by atoms with Crippen molar-refractivity contribution < 1.29 is 17.7 Å². The number of urea groups is 1. The van der Waals surface area contributed by atoms with Crippen LogP contribution in [0.2, 0.25) is 0 Å². The lowest BCUT2D eigenvalue weighted by Crippen LogP contribution is -2.48. The van der Waals surface area contributed by atoms with Crippen LogP contribution in [0.25, 0.3) is 0 Å². The lowest BCUT2D eigenvalue weighted by molar-refractivity contribution is 0.229. The summed E-state index contributed by atoms with van der Waals surface area (Å²) in [5.41, 5.74) is 2.66. The van der Waals surface area contributed by atoms with Crippen molar-refractivity contribution in [3.8, 4) is 0 Å². The molecule has 0 fully saturated rings. The maximum atomic E-state index is 13.3. The molecule has 0 atom stereocenters. The summed E-state index contributed by atoms with van der Waals surface area (Å²) in [6.07, 6.45) is 1.47. The molecule has 2 aromatic heterocycles. The average Bonchev–Trinajstić information content (AvgIpc) is 2.98. The third-order valence-corrected chi connectivity index (χ3v) is 6.45. The van der Waals surface area contributed by atoms with Crippen molar-refractivity contribution in [2.45, 2.75) is 32.2 Å². The largest absolute Gasteiger partial charge is 0.361 e. The summed E-state index contributed by atoms with van der Waals surface area (Å²) in [4.78, 5) is 18.8. The molecule has 28 heavy (non-hydrogen) atoms. The van der Waals surface area contributed by atoms with Crippen LogP contribution in [0.15, 0.2) is 52.0 Å². The molecule has 1 aromatic carbocycles. The zero-order valence-corrected chi connectivity index (χ0v) is 16.4. The Bertz CT molecular complexity index is 1150. The summed E-state index contributed by atoms with van der Waals surface area (Å²) >= 11 is 0. The molecule has 0 radical (unpaired) electrons. The Labute approximate surface area is 162 Å². The van der Waals surface area contributed by atoms with Gasteiger partial charge in [-0.1, -0.05) is 22.9 Å². The van der Waals surface area contributed by atoms with Crippen LogP contribution >= 0.6 is 0 Å². The van der Waals surface area contributed by atoms with E-state index in [2.05, 4.69) is 10.1 Å². The first-order chi connectivity index (χ1) is 13.3. The molecule has 3 aromatic rings. The SMILES string of the molecule is Cc1ccc(N2C(=O)N(Cc3c(C)noc3C)S(=O)(=O)c3cccnc32)cc1. The number of nitrogens with zero attached hydrogens (tertiary/aromatic N) is 4. The molecule has 144 valence electrons. The van der Waals surface area contributed by atoms with E-state index in [1.54, 1.807) is 26.0 Å². The number of rotatable bonds is 3. The maximum Gasteiger partial charge on any atom is 0.344 e. The number of anilines is 2. The molecule has 0 aliphatic carbocycles. The lowest BCUT2D eigenvalue weighted by Gasteiger charge is -2.35. The molecular weight excluding hydrogens is 380 g/mol. The monoisotopic (exact) mass is 398 g/mol. The van der Waals surface area contributed by atoms with Crippen molar-refractivity contribution in [1.82, 2.24) is 14.4 Å². The summed E-state index contributed by atoms with van der Waals surface area (Å²) < 4.78 is 32.3. The summed E-state index contributed by atoms with van der Waals surface area (Å²) in [7, 11) is -4.08. The van der Waals surface area contributed by atoms with E-state index in [4.69, 9.17) is 4.52 Å². The quantitative estimate of drug-likeness (QED) is 0.670. The Morgan fingerprint density at radius 3 is 2.43 bits per heavy atom. The fraction of sp³-hybridized carbons (Fsp3) is 0.211. The third-order valence-electron chi connectivity index (χ3n) is 4.71. The minimum atomic E-state index is -4.08. The Morgan fingerprint density at radius 1 is 1.07 bits per heavy atom. The molecule has 0 saturated carbocycles. The van der Waals surface area contributed by atoms with Gasteiger partial charge in [0.05, 0.1) is 17.9 Å². The van der Waals surface area contributed by atoms with E-state index < -0.39 is 16.1 Å². The van der Waals surface area contributed by atoms with E-state index in [0.29, 0.717) is 22.7 Å². The van der Waals surface area contributed by atoms with Crippen LogP contribution in [0.4, 0.5) is 16.3 Å². The van der Waals surface area contributed by atoms with Gasteiger partial charge in [0.25, 0.3) is 10.0 Å². The van der Waals surface area contributed by atoms with Gasteiger partial charge in [-0.2, -0.15) is 0 Å². The van der Waals surface area contributed by atoms with Gasteiger partial charge in [0.1, 0.15) is 10.7 Å². The van der Waals surface area contributed by atoms with Crippen molar-refractivity contribution in [2.24, 2.45) is 0 Å². The van der Waals surface area contributed by atoms with Gasteiger partial charge in [-0.05, 0) is 45.0 Å². The molecule has 0 N–H and O–H groups in total. The molecule has 0 saturated heterocycles. The molecule has 3 heterocycles. The molecule has 1 aliphatic rings. The van der Waals surface area contributed by atoms with Crippen molar-refractivity contribution in [3.05, 3.63) is 65.2 Å². The smallest absolute Gasteiger partial charge is 0.344 e. The molecule has 0 spiro atoms. The van der Waals surface area contributed by atoms with Gasteiger partial charge < -0.3 is 4.52 Å². The average molecular weight is 398 g/mol. The first-order valence-corrected chi connectivity index (χ1v) is 10.0. The molecule has 0 unspecified atom stereocenters. The second-order valence-electron chi connectivity index (χ2n) is 6.59. The van der Waals surface area contributed by atoms with Crippen molar-refractivity contribution in [1.29, 1.82) is 0 Å². The molecule has 8 nitrogen and oxygen atoms in total. The molecule has 4 rings (SSSR count). The molecule has 2 amide bonds. The number of amides is 2. The van der Waals surface area contributed by atoms with Gasteiger partial charge in [0.15, 0.2) is 5.82 Å². The van der Waals surface area contributed by atoms with Gasteiger partial charge in [0.2, 0.25) is 0 Å². The topological polar surface area (TPSA) is 96.6 Å². The first-order valence-electron chi connectivity index (χ1n) is 8.61. The van der Waals surface area contributed by atoms with E-state index >= 15 is 0 Å². The van der Waals surface area contributed by atoms with Crippen molar-refractivity contribution >= 4 is 27.6 Å². The summed E-state index contributed by atoms with van der Waals surface area (Å²) in [5, 5.41) is 3.85. The van der Waals surface area contributed by atoms with Crippen LogP contribution in [0, 0.1) is 20.8 Å². The zero-order valence-electron chi connectivity index (χ0n) is 15.6. The van der Waals surface area contributed by atoms with Gasteiger partial charge in [0, 0.05) is 11.8 Å². The first kappa shape index (κ1) is 18.2. The number of fused-ring (bicyclic) bond motifs is 1. The minimum absolute atomic E-state index is 0.0260. The van der Waals surface area contributed by atoms with Crippen LogP contribution < -0.4 is 4.90 Å². The van der Waals surface area contributed by atoms with E-state index in [1.807, 2.05) is 19.1 Å². The van der Waals surface area contributed by atoms with Crippen molar-refractivity contribution in [3.63, 3.8) is 0 Å². The van der Waals surface area contributed by atoms with E-state index in [0.717, 1.165) is 9.87 Å². The second kappa shape index (κ2) is 6.45. The second-order valence-corrected chi connectivity index (χ2v) is 8.42. The highest BCUT2D eigenvalue weighted by atomic mass is 32.2. The van der Waals surface area contributed by atoms with E-state index in [-0.39, 0.29) is 17.3 Å². The predicted molar refractivity (Wildman–Crippen MR) is 102 cm³/mol. The Balaban J connectivity index is 1.89. The number of carbonyl (C=O) groups is 1. The van der Waals surface area contributed by atoms with Crippen LogP contribution in [-0.4, -0.2) is 28.9 Å². The Morgan fingerprint density at radius 2 is 1.79 bits per heavy atom. The normalized spacial score (nSPS) is 15.6. The highest BCUT2D eigenvalue weighted by Crippen LogP contribution is 2.38. The molecule has 1 aliphatic heterocycles. The predicted octanol–water partition coefficient (Wildman–Crippen LogP) is 3.46. The number of aromatic nitrogens is 2. The highest BCUT2D eigenvalue weighted by Gasteiger charge is 2.43. The molecule has 9 heteroatoms. The summed E-state index contributed by atoms with van der Waals surface area (Å²) in [5.74, 6) is 0.561. The number of hydrogen-bond acceptors (Lipinski definition) is 6. The number of sulfonamides is 1. The van der Waals surface area contributed by atoms with Crippen LogP contribution in [0.3, 0.4) is 0 Å². The number of hydrogen-bond donors (Lipinski definition) is 0. The summed E-state index contributed by atoms with van der Waals surface area (Å²) in [6, 6.07) is 9.52. The van der Waals surface area contributed by atoms with Crippen LogP contribution in [0.1, 0.15) is 22.6 Å². The zero-order chi connectivity index (χ0) is 20.1. The highest BCUT2D eigenvalue weighted by molar-refractivity contribution is 7.90. The van der Waals surface area contributed by atoms with E-state index in [9.17, 15) is 13.2 Å². The standard InChI is InChI=1S/C19H18N4O4S/c1-12-6-8-15(9-7-12)23-18-17(5-4-10-20-18)28(25,26)22(19(23)24)11-16-13(2)21-27-14(16)3/h4-10H,11H2,1-3H3. The van der Waals surface area contributed by atoms with Gasteiger partial charge >= 0.3 is 6.03 Å². The summed E-state index contributed by atoms with van der Waals surface area (Å²) in [6.45, 7) is 5.16. The fourth-order valence-corrected chi connectivity index (χ4v) is 4.57. The Hall–Kier alpha value is -3.20. The van der Waals surface area contributed by atoms with Crippen LogP contribution in [-0.2, 0) is 16.6 Å². The van der Waals surface area contributed by atoms with Gasteiger partial charge in [-0.3, -0.25) is 0 Å². The number of benzene rings is 1. The number of aryl methyl sites for hydroxylation is 3. The molecular formula is C19H18N4O4S. The van der Waals surface area contributed by atoms with Crippen molar-refractivity contribution in [2.75, 3.05) is 4.90 Å². The van der Waals surface area contributed by atoms with Gasteiger partial charge in [-0.15, -0.1) is 0 Å². The third kappa shape index (κ3) is 2.75. The van der Waals surface area contributed by atoms with Crippen LogP contribution in [0.5, 0.6) is 0 Å². The van der Waals surface area contributed by atoms with E-state index in [1.165, 1.54) is 23.2 Å².